The fourth-order valence-corrected chi connectivity index (χ4v) is 3.18. The summed E-state index contributed by atoms with van der Waals surface area (Å²) >= 11 is 1.02. The lowest BCUT2D eigenvalue weighted by Gasteiger charge is -2.13. The molecule has 3 rings (SSSR count). The number of nitrogens with zero attached hydrogens (tertiary/aromatic N) is 1. The summed E-state index contributed by atoms with van der Waals surface area (Å²) in [5, 5.41) is 2.26. The Balaban J connectivity index is 1.95. The van der Waals surface area contributed by atoms with E-state index in [1.807, 2.05) is 0 Å². The number of rotatable bonds is 3. The second-order valence-corrected chi connectivity index (χ2v) is 6.63. The molecule has 0 saturated heterocycles. The highest BCUT2D eigenvalue weighted by Crippen LogP contribution is 2.36. The van der Waals surface area contributed by atoms with Crippen molar-refractivity contribution >= 4 is 32.6 Å². The van der Waals surface area contributed by atoms with Crippen LogP contribution < -0.4 is 10.1 Å². The second kappa shape index (κ2) is 6.97. The molecule has 2 aromatic carbocycles. The van der Waals surface area contributed by atoms with Crippen LogP contribution in [0.3, 0.4) is 0 Å². The van der Waals surface area contributed by atoms with Crippen LogP contribution in [0.25, 0.3) is 10.2 Å². The molecular weight excluding hydrogens is 410 g/mol. The largest absolute Gasteiger partial charge is 0.497 e. The van der Waals surface area contributed by atoms with Gasteiger partial charge >= 0.3 is 12.4 Å². The van der Waals surface area contributed by atoms with E-state index in [1.165, 1.54) is 7.11 Å². The molecule has 1 N–H and O–H groups in total. The van der Waals surface area contributed by atoms with E-state index in [4.69, 9.17) is 4.74 Å². The van der Waals surface area contributed by atoms with Crippen molar-refractivity contribution in [3.8, 4) is 5.75 Å². The van der Waals surface area contributed by atoms with E-state index < -0.39 is 35.0 Å². The molecule has 0 unspecified atom stereocenters. The molecule has 0 aliphatic rings. The summed E-state index contributed by atoms with van der Waals surface area (Å²) in [7, 11) is 1.45. The van der Waals surface area contributed by atoms with Gasteiger partial charge < -0.3 is 4.74 Å². The van der Waals surface area contributed by atoms with E-state index in [1.54, 1.807) is 18.2 Å². The van der Waals surface area contributed by atoms with Gasteiger partial charge in [0.05, 0.1) is 28.5 Å². The molecule has 0 spiro atoms. The number of hydrogen-bond donors (Lipinski definition) is 1. The second-order valence-electron chi connectivity index (χ2n) is 5.60. The Kier molecular flexibility index (Phi) is 4.96. The average Bonchev–Trinajstić information content (AvgIpc) is 3.00. The minimum Gasteiger partial charge on any atom is -0.497 e. The summed E-state index contributed by atoms with van der Waals surface area (Å²) in [6, 6.07) is 5.57. The predicted octanol–water partition coefficient (Wildman–Crippen LogP) is 5.59. The van der Waals surface area contributed by atoms with Crippen LogP contribution in [0.15, 0.2) is 36.4 Å². The van der Waals surface area contributed by atoms with Crippen LogP contribution in [0.5, 0.6) is 5.75 Å². The summed E-state index contributed by atoms with van der Waals surface area (Å²) in [5.41, 5.74) is -3.46. The molecule has 0 saturated carbocycles. The highest BCUT2D eigenvalue weighted by Gasteiger charge is 2.37. The highest BCUT2D eigenvalue weighted by molar-refractivity contribution is 7.22. The van der Waals surface area contributed by atoms with Crippen molar-refractivity contribution in [2.75, 3.05) is 12.4 Å². The topological polar surface area (TPSA) is 51.2 Å². The van der Waals surface area contributed by atoms with Gasteiger partial charge in [-0.3, -0.25) is 10.1 Å². The Labute approximate surface area is 157 Å². The third kappa shape index (κ3) is 4.19. The number of nitrogens with one attached hydrogen (secondary N) is 1. The maximum atomic E-state index is 12.9. The van der Waals surface area contributed by atoms with Crippen LogP contribution in [0.2, 0.25) is 0 Å². The van der Waals surface area contributed by atoms with E-state index in [0.717, 1.165) is 11.3 Å². The van der Waals surface area contributed by atoms with Gasteiger partial charge in [-0.25, -0.2) is 4.98 Å². The SMILES string of the molecule is COc1ccc2sc(NC(=O)c3cc(C(F)(F)F)cc(C(F)(F)F)c3)nc2c1. The van der Waals surface area contributed by atoms with Gasteiger partial charge in [0.2, 0.25) is 0 Å². The molecule has 1 heterocycles. The smallest absolute Gasteiger partial charge is 0.416 e. The molecule has 1 amide bonds. The van der Waals surface area contributed by atoms with E-state index in [-0.39, 0.29) is 11.2 Å². The van der Waals surface area contributed by atoms with Gasteiger partial charge in [-0.1, -0.05) is 11.3 Å². The summed E-state index contributed by atoms with van der Waals surface area (Å²) in [6.07, 6.45) is -10.1. The van der Waals surface area contributed by atoms with Gasteiger partial charge in [-0.2, -0.15) is 26.3 Å². The number of carbonyl (C=O) groups excluding carboxylic acids is 1. The number of methoxy groups -OCH3 is 1. The minimum atomic E-state index is -5.04. The summed E-state index contributed by atoms with van der Waals surface area (Å²) in [4.78, 5) is 16.4. The number of halogens is 6. The zero-order valence-electron chi connectivity index (χ0n) is 13.9. The molecule has 0 atom stereocenters. The number of benzene rings is 2. The number of thiazole rings is 1. The Hall–Kier alpha value is -2.82. The number of fused-ring (bicyclic) bond motifs is 1. The van der Waals surface area contributed by atoms with Gasteiger partial charge in [0.1, 0.15) is 5.75 Å². The number of aromatic nitrogens is 1. The van der Waals surface area contributed by atoms with Crippen molar-refractivity contribution in [3.63, 3.8) is 0 Å². The van der Waals surface area contributed by atoms with Crippen LogP contribution in [-0.4, -0.2) is 18.0 Å². The van der Waals surface area contributed by atoms with E-state index >= 15 is 0 Å². The third-order valence-corrected chi connectivity index (χ3v) is 4.62. The minimum absolute atomic E-state index is 0.0271. The van der Waals surface area contributed by atoms with Crippen molar-refractivity contribution in [1.29, 1.82) is 0 Å². The van der Waals surface area contributed by atoms with Gasteiger partial charge in [0.15, 0.2) is 5.13 Å². The molecule has 0 aliphatic heterocycles. The average molecular weight is 420 g/mol. The normalized spacial score (nSPS) is 12.2. The Bertz CT molecular complexity index is 1010. The van der Waals surface area contributed by atoms with Crippen LogP contribution in [-0.2, 0) is 12.4 Å². The Morgan fingerprint density at radius 2 is 1.61 bits per heavy atom. The molecular formula is C17H10F6N2O2S. The predicted molar refractivity (Wildman–Crippen MR) is 90.6 cm³/mol. The molecule has 148 valence electrons. The molecule has 0 fully saturated rings. The molecule has 0 radical (unpaired) electrons. The number of hydrogen-bond acceptors (Lipinski definition) is 4. The summed E-state index contributed by atoms with van der Waals surface area (Å²) < 4.78 is 83.2. The summed E-state index contributed by atoms with van der Waals surface area (Å²) in [6.45, 7) is 0. The zero-order chi connectivity index (χ0) is 20.7. The van der Waals surface area contributed by atoms with Crippen molar-refractivity contribution in [1.82, 2.24) is 4.98 Å². The Morgan fingerprint density at radius 3 is 2.14 bits per heavy atom. The van der Waals surface area contributed by atoms with Gasteiger partial charge in [-0.05, 0) is 30.3 Å². The molecule has 0 bridgehead atoms. The van der Waals surface area contributed by atoms with E-state index in [0.29, 0.717) is 28.1 Å². The molecule has 1 aromatic heterocycles. The molecule has 0 aliphatic carbocycles. The first-order valence-corrected chi connectivity index (χ1v) is 8.34. The van der Waals surface area contributed by atoms with Crippen LogP contribution in [0, 0.1) is 0 Å². The van der Waals surface area contributed by atoms with Gasteiger partial charge in [-0.15, -0.1) is 0 Å². The molecule has 28 heavy (non-hydrogen) atoms. The number of alkyl halides is 6. The quantitative estimate of drug-likeness (QED) is 0.562. The first kappa shape index (κ1) is 19.9. The lowest BCUT2D eigenvalue weighted by Crippen LogP contribution is -2.17. The molecule has 11 heteroatoms. The maximum Gasteiger partial charge on any atom is 0.416 e. The summed E-state index contributed by atoms with van der Waals surface area (Å²) in [5.74, 6) is -0.633. The van der Waals surface area contributed by atoms with Crippen molar-refractivity contribution in [2.24, 2.45) is 0 Å². The maximum absolute atomic E-state index is 12.9. The number of amides is 1. The molecule has 3 aromatic rings. The van der Waals surface area contributed by atoms with Gasteiger partial charge in [0.25, 0.3) is 5.91 Å². The van der Waals surface area contributed by atoms with Crippen molar-refractivity contribution in [2.45, 2.75) is 12.4 Å². The highest BCUT2D eigenvalue weighted by atomic mass is 32.1. The standard InChI is InChI=1S/C17H10F6N2O2S/c1-27-11-2-3-13-12(7-11)24-15(28-13)25-14(26)8-4-9(16(18,19)20)6-10(5-8)17(21,22)23/h2-7H,1H3,(H,24,25,26). The fraction of sp³-hybridized carbons (Fsp3) is 0.176. The number of ether oxygens (including phenoxy) is 1. The van der Waals surface area contributed by atoms with Crippen LogP contribution in [0.1, 0.15) is 21.5 Å². The third-order valence-electron chi connectivity index (χ3n) is 3.67. The Morgan fingerprint density at radius 1 is 1.00 bits per heavy atom. The van der Waals surface area contributed by atoms with Crippen LogP contribution in [0.4, 0.5) is 31.5 Å². The van der Waals surface area contributed by atoms with Gasteiger partial charge in [0, 0.05) is 11.6 Å². The lowest BCUT2D eigenvalue weighted by atomic mass is 10.0. The number of anilines is 1. The van der Waals surface area contributed by atoms with Crippen molar-refractivity contribution in [3.05, 3.63) is 53.1 Å². The fourth-order valence-electron chi connectivity index (χ4n) is 2.34. The molecule has 4 nitrogen and oxygen atoms in total. The monoisotopic (exact) mass is 420 g/mol. The first-order chi connectivity index (χ1) is 13.0. The zero-order valence-corrected chi connectivity index (χ0v) is 14.7. The van der Waals surface area contributed by atoms with E-state index in [2.05, 4.69) is 10.3 Å². The van der Waals surface area contributed by atoms with Crippen LogP contribution >= 0.6 is 11.3 Å². The van der Waals surface area contributed by atoms with Crippen molar-refractivity contribution < 1.29 is 35.9 Å². The number of carbonyl (C=O) groups is 1. The lowest BCUT2D eigenvalue weighted by molar-refractivity contribution is -0.143. The first-order valence-electron chi connectivity index (χ1n) is 7.53. The van der Waals surface area contributed by atoms with E-state index in [9.17, 15) is 31.1 Å².